The minimum atomic E-state index is -1.11. The quantitative estimate of drug-likeness (QED) is 0.801. The van der Waals surface area contributed by atoms with Gasteiger partial charge in [0.05, 0.1) is 0 Å². The maximum Gasteiger partial charge on any atom is 0.325 e. The van der Waals surface area contributed by atoms with E-state index in [0.717, 1.165) is 17.7 Å². The van der Waals surface area contributed by atoms with E-state index in [1.807, 2.05) is 18.2 Å². The van der Waals surface area contributed by atoms with Crippen molar-refractivity contribution in [2.24, 2.45) is 0 Å². The molecule has 1 saturated heterocycles. The Balaban J connectivity index is 1.76. The van der Waals surface area contributed by atoms with Crippen molar-refractivity contribution >= 4 is 17.8 Å². The summed E-state index contributed by atoms with van der Waals surface area (Å²) in [5.41, 5.74) is -0.411. The van der Waals surface area contributed by atoms with Gasteiger partial charge >= 0.3 is 6.03 Å². The third kappa shape index (κ3) is 2.49. The number of nitrogens with zero attached hydrogens (tertiary/aromatic N) is 1. The predicted octanol–water partition coefficient (Wildman–Crippen LogP) is 0.732. The Morgan fingerprint density at radius 2 is 2.00 bits per heavy atom. The zero-order valence-corrected chi connectivity index (χ0v) is 11.8. The number of carbonyl (C=O) groups is 3. The zero-order valence-electron chi connectivity index (χ0n) is 11.8. The zero-order chi connectivity index (χ0) is 15.0. The fourth-order valence-corrected chi connectivity index (χ4v) is 2.45. The summed E-state index contributed by atoms with van der Waals surface area (Å²) < 4.78 is 0. The van der Waals surface area contributed by atoms with Gasteiger partial charge in [0.15, 0.2) is 0 Å². The van der Waals surface area contributed by atoms with Gasteiger partial charge in [-0.25, -0.2) is 4.79 Å². The molecule has 0 unspecified atom stereocenters. The van der Waals surface area contributed by atoms with Crippen molar-refractivity contribution in [3.63, 3.8) is 0 Å². The molecule has 4 amide bonds. The first-order chi connectivity index (χ1) is 10.0. The maximum absolute atomic E-state index is 12.5. The van der Waals surface area contributed by atoms with Gasteiger partial charge in [0.2, 0.25) is 5.91 Å². The van der Waals surface area contributed by atoms with E-state index < -0.39 is 17.5 Å². The van der Waals surface area contributed by atoms with Gasteiger partial charge in [-0.15, -0.1) is 0 Å². The highest BCUT2D eigenvalue weighted by Crippen LogP contribution is 2.28. The molecule has 0 spiro atoms. The van der Waals surface area contributed by atoms with Crippen LogP contribution in [0.4, 0.5) is 4.79 Å². The summed E-state index contributed by atoms with van der Waals surface area (Å²) >= 11 is 0. The van der Waals surface area contributed by atoms with Crippen molar-refractivity contribution in [3.05, 3.63) is 35.9 Å². The Labute approximate surface area is 122 Å². The molecule has 0 radical (unpaired) electrons. The number of urea groups is 1. The average Bonchev–Trinajstić information content (AvgIpc) is 3.25. The summed E-state index contributed by atoms with van der Waals surface area (Å²) in [5, 5.41) is 5.45. The highest BCUT2D eigenvalue weighted by molar-refractivity contribution is 6.09. The van der Waals surface area contributed by atoms with Crippen LogP contribution in [0.25, 0.3) is 0 Å². The number of benzene rings is 1. The summed E-state index contributed by atoms with van der Waals surface area (Å²) in [5.74, 6) is -0.692. The number of amides is 4. The maximum atomic E-state index is 12.5. The highest BCUT2D eigenvalue weighted by Gasteiger charge is 2.49. The van der Waals surface area contributed by atoms with E-state index in [1.165, 1.54) is 0 Å². The second-order valence-electron chi connectivity index (χ2n) is 5.65. The lowest BCUT2D eigenvalue weighted by Gasteiger charge is -2.22. The molecule has 3 rings (SSSR count). The van der Waals surface area contributed by atoms with Gasteiger partial charge in [-0.05, 0) is 25.3 Å². The van der Waals surface area contributed by atoms with Crippen LogP contribution < -0.4 is 10.6 Å². The molecule has 1 aliphatic carbocycles. The first kappa shape index (κ1) is 13.6. The Morgan fingerprint density at radius 1 is 1.33 bits per heavy atom. The number of nitrogens with one attached hydrogen (secondary N) is 2. The number of hydrogen-bond acceptors (Lipinski definition) is 3. The molecule has 1 aromatic carbocycles. The van der Waals surface area contributed by atoms with Crippen molar-refractivity contribution in [2.45, 2.75) is 31.3 Å². The SMILES string of the molecule is C[C@]1(c2ccccc2)NC(=O)N(CC(=O)NC2CC2)C1=O. The van der Waals surface area contributed by atoms with Gasteiger partial charge in [-0.1, -0.05) is 30.3 Å². The van der Waals surface area contributed by atoms with Crippen molar-refractivity contribution in [2.75, 3.05) is 6.54 Å². The number of rotatable bonds is 4. The lowest BCUT2D eigenvalue weighted by molar-refractivity contribution is -0.134. The molecule has 2 fully saturated rings. The molecule has 1 saturated carbocycles. The van der Waals surface area contributed by atoms with Crippen LogP contribution in [0.3, 0.4) is 0 Å². The average molecular weight is 287 g/mol. The van der Waals surface area contributed by atoms with Crippen LogP contribution in [-0.4, -0.2) is 35.3 Å². The molecule has 2 aliphatic rings. The largest absolute Gasteiger partial charge is 0.352 e. The summed E-state index contributed by atoms with van der Waals surface area (Å²) in [7, 11) is 0. The monoisotopic (exact) mass is 287 g/mol. The molecule has 2 N–H and O–H groups in total. The Kier molecular flexibility index (Phi) is 3.16. The lowest BCUT2D eigenvalue weighted by Crippen LogP contribution is -2.43. The molecule has 0 bridgehead atoms. The van der Waals surface area contributed by atoms with E-state index in [1.54, 1.807) is 19.1 Å². The molecule has 1 heterocycles. The molecule has 1 aromatic rings. The normalized spacial score (nSPS) is 24.9. The van der Waals surface area contributed by atoms with Gasteiger partial charge in [-0.3, -0.25) is 14.5 Å². The Bertz CT molecular complexity index is 597. The van der Waals surface area contributed by atoms with Crippen molar-refractivity contribution in [3.8, 4) is 0 Å². The summed E-state index contributed by atoms with van der Waals surface area (Å²) in [6.45, 7) is 1.42. The second kappa shape index (κ2) is 4.87. The fraction of sp³-hybridized carbons (Fsp3) is 0.400. The second-order valence-corrected chi connectivity index (χ2v) is 5.65. The van der Waals surface area contributed by atoms with Crippen LogP contribution in [0.5, 0.6) is 0 Å². The van der Waals surface area contributed by atoms with E-state index in [-0.39, 0.29) is 18.5 Å². The van der Waals surface area contributed by atoms with Crippen LogP contribution in [0.15, 0.2) is 30.3 Å². The minimum Gasteiger partial charge on any atom is -0.352 e. The molecule has 0 aromatic heterocycles. The van der Waals surface area contributed by atoms with Crippen LogP contribution in [0.2, 0.25) is 0 Å². The smallest absolute Gasteiger partial charge is 0.325 e. The van der Waals surface area contributed by atoms with Gasteiger partial charge in [0.1, 0.15) is 12.1 Å². The topological polar surface area (TPSA) is 78.5 Å². The number of carbonyl (C=O) groups excluding carboxylic acids is 3. The molecule has 21 heavy (non-hydrogen) atoms. The van der Waals surface area contributed by atoms with Gasteiger partial charge < -0.3 is 10.6 Å². The van der Waals surface area contributed by atoms with Crippen molar-refractivity contribution in [1.82, 2.24) is 15.5 Å². The summed E-state index contributed by atoms with van der Waals surface area (Å²) in [6.07, 6.45) is 1.93. The molecule has 6 nitrogen and oxygen atoms in total. The summed E-state index contributed by atoms with van der Waals surface area (Å²) in [6, 6.07) is 8.70. The first-order valence-electron chi connectivity index (χ1n) is 7.00. The van der Waals surface area contributed by atoms with Crippen LogP contribution in [0.1, 0.15) is 25.3 Å². The number of hydrogen-bond donors (Lipinski definition) is 2. The fourth-order valence-electron chi connectivity index (χ4n) is 2.45. The third-order valence-electron chi connectivity index (χ3n) is 3.87. The summed E-state index contributed by atoms with van der Waals surface area (Å²) in [4.78, 5) is 37.3. The van der Waals surface area contributed by atoms with Gasteiger partial charge in [0, 0.05) is 6.04 Å². The first-order valence-corrected chi connectivity index (χ1v) is 7.00. The van der Waals surface area contributed by atoms with E-state index in [4.69, 9.17) is 0 Å². The molecule has 1 atom stereocenters. The predicted molar refractivity (Wildman–Crippen MR) is 75.2 cm³/mol. The van der Waals surface area contributed by atoms with Crippen LogP contribution >= 0.6 is 0 Å². The van der Waals surface area contributed by atoms with Crippen LogP contribution in [-0.2, 0) is 15.1 Å². The minimum absolute atomic E-state index is 0.207. The van der Waals surface area contributed by atoms with E-state index in [0.29, 0.717) is 5.56 Å². The molecule has 1 aliphatic heterocycles. The van der Waals surface area contributed by atoms with Gasteiger partial charge in [0.25, 0.3) is 5.91 Å². The Morgan fingerprint density at radius 3 is 2.62 bits per heavy atom. The van der Waals surface area contributed by atoms with Crippen molar-refractivity contribution in [1.29, 1.82) is 0 Å². The molecule has 110 valence electrons. The highest BCUT2D eigenvalue weighted by atomic mass is 16.2. The van der Waals surface area contributed by atoms with Crippen LogP contribution in [0, 0.1) is 0 Å². The lowest BCUT2D eigenvalue weighted by atomic mass is 9.92. The van der Waals surface area contributed by atoms with Gasteiger partial charge in [-0.2, -0.15) is 0 Å². The third-order valence-corrected chi connectivity index (χ3v) is 3.87. The standard InChI is InChI=1S/C15H17N3O3/c1-15(10-5-3-2-4-6-10)13(20)18(14(21)17-15)9-12(19)16-11-7-8-11/h2-6,11H,7-9H2,1H3,(H,16,19)(H,17,21)/t15-/m1/s1. The van der Waals surface area contributed by atoms with E-state index in [9.17, 15) is 14.4 Å². The Hall–Kier alpha value is -2.37. The van der Waals surface area contributed by atoms with Crippen molar-refractivity contribution < 1.29 is 14.4 Å². The molecular formula is C15H17N3O3. The number of imide groups is 1. The molecule has 6 heteroatoms. The molecular weight excluding hydrogens is 270 g/mol. The van der Waals surface area contributed by atoms with E-state index >= 15 is 0 Å². The van der Waals surface area contributed by atoms with E-state index in [2.05, 4.69) is 10.6 Å².